The monoisotopic (exact) mass is 422 g/mol. The minimum atomic E-state index is 0.238. The third-order valence-electron chi connectivity index (χ3n) is 5.09. The largest absolute Gasteiger partial charge is 0.443 e. The Morgan fingerprint density at radius 3 is 2.62 bits per heavy atom. The number of anilines is 1. The summed E-state index contributed by atoms with van der Waals surface area (Å²) < 4.78 is 5.71. The van der Waals surface area contributed by atoms with Crippen molar-refractivity contribution in [1.29, 1.82) is 5.26 Å². The summed E-state index contributed by atoms with van der Waals surface area (Å²) in [5.41, 5.74) is 12.1. The fraction of sp³-hybridized carbons (Fsp3) is 0.130. The Bertz CT molecular complexity index is 1510. The van der Waals surface area contributed by atoms with Gasteiger partial charge < -0.3 is 10.2 Å². The third-order valence-corrected chi connectivity index (χ3v) is 5.09. The molecule has 156 valence electrons. The zero-order valence-corrected chi connectivity index (χ0v) is 17.4. The van der Waals surface area contributed by atoms with Crippen LogP contribution in [0.25, 0.3) is 33.6 Å². The number of pyridine rings is 2. The standard InChI is InChI=1S/C23H18N8O/c1-13-5-3-8-17(27-13)11-31-29-20-18(22-14(2)26-12-32-22)19(28-23(25)21(20)30-31)16-7-4-6-15(9-16)10-24/h3-9,12H,11H2,1-2H3,(H2,25,28). The quantitative estimate of drug-likeness (QED) is 0.464. The van der Waals surface area contributed by atoms with Gasteiger partial charge in [0.25, 0.3) is 0 Å². The summed E-state index contributed by atoms with van der Waals surface area (Å²) >= 11 is 0. The molecular weight excluding hydrogens is 404 g/mol. The Balaban J connectivity index is 1.75. The molecule has 0 aliphatic carbocycles. The van der Waals surface area contributed by atoms with Crippen LogP contribution in [-0.4, -0.2) is 29.9 Å². The molecule has 0 atom stereocenters. The molecule has 0 saturated carbocycles. The van der Waals surface area contributed by atoms with E-state index in [1.807, 2.05) is 38.1 Å². The fourth-order valence-corrected chi connectivity index (χ4v) is 3.64. The maximum atomic E-state index is 9.34. The number of rotatable bonds is 4. The van der Waals surface area contributed by atoms with Gasteiger partial charge >= 0.3 is 0 Å². The molecule has 5 rings (SSSR count). The Morgan fingerprint density at radius 1 is 1.06 bits per heavy atom. The number of fused-ring (bicyclic) bond motifs is 1. The molecule has 9 nitrogen and oxygen atoms in total. The minimum absolute atomic E-state index is 0.238. The maximum absolute atomic E-state index is 9.34. The molecule has 0 amide bonds. The summed E-state index contributed by atoms with van der Waals surface area (Å²) in [4.78, 5) is 14.9. The van der Waals surface area contributed by atoms with E-state index in [0.29, 0.717) is 45.9 Å². The van der Waals surface area contributed by atoms with Gasteiger partial charge in [-0.25, -0.2) is 9.97 Å². The number of nitrogen functional groups attached to an aromatic ring is 1. The fourth-order valence-electron chi connectivity index (χ4n) is 3.64. The van der Waals surface area contributed by atoms with E-state index in [1.165, 1.54) is 6.39 Å². The highest BCUT2D eigenvalue weighted by molar-refractivity contribution is 6.02. The summed E-state index contributed by atoms with van der Waals surface area (Å²) in [6, 6.07) is 15.1. The summed E-state index contributed by atoms with van der Waals surface area (Å²) in [6.45, 7) is 4.16. The van der Waals surface area contributed by atoms with Crippen LogP contribution < -0.4 is 5.73 Å². The highest BCUT2D eigenvalue weighted by atomic mass is 16.3. The van der Waals surface area contributed by atoms with Gasteiger partial charge in [-0.1, -0.05) is 18.2 Å². The number of oxazole rings is 1. The summed E-state index contributed by atoms with van der Waals surface area (Å²) in [7, 11) is 0. The van der Waals surface area contributed by atoms with Crippen LogP contribution in [0.3, 0.4) is 0 Å². The van der Waals surface area contributed by atoms with Crippen LogP contribution in [-0.2, 0) is 6.54 Å². The maximum Gasteiger partial charge on any atom is 0.181 e. The molecule has 5 aromatic rings. The van der Waals surface area contributed by atoms with E-state index in [1.54, 1.807) is 23.0 Å². The Morgan fingerprint density at radius 2 is 1.88 bits per heavy atom. The Hall–Kier alpha value is -4.58. The second kappa shape index (κ2) is 7.59. The van der Waals surface area contributed by atoms with Crippen LogP contribution in [0.2, 0.25) is 0 Å². The molecular formula is C23H18N8O. The summed E-state index contributed by atoms with van der Waals surface area (Å²) in [5, 5.41) is 18.6. The average molecular weight is 422 g/mol. The van der Waals surface area contributed by atoms with Crippen molar-refractivity contribution in [2.45, 2.75) is 20.4 Å². The smallest absolute Gasteiger partial charge is 0.181 e. The molecule has 0 bridgehead atoms. The van der Waals surface area contributed by atoms with Crippen molar-refractivity contribution in [2.24, 2.45) is 0 Å². The van der Waals surface area contributed by atoms with Crippen molar-refractivity contribution >= 4 is 16.9 Å². The van der Waals surface area contributed by atoms with Crippen LogP contribution >= 0.6 is 0 Å². The summed E-state index contributed by atoms with van der Waals surface area (Å²) in [5.74, 6) is 0.766. The van der Waals surface area contributed by atoms with Gasteiger partial charge in [0.1, 0.15) is 12.1 Å². The molecule has 0 saturated heterocycles. The average Bonchev–Trinajstić information content (AvgIpc) is 3.40. The van der Waals surface area contributed by atoms with Gasteiger partial charge in [0.15, 0.2) is 23.5 Å². The lowest BCUT2D eigenvalue weighted by Gasteiger charge is -2.09. The van der Waals surface area contributed by atoms with Crippen molar-refractivity contribution in [2.75, 3.05) is 5.73 Å². The summed E-state index contributed by atoms with van der Waals surface area (Å²) in [6.07, 6.45) is 1.38. The van der Waals surface area contributed by atoms with Crippen molar-refractivity contribution < 1.29 is 4.42 Å². The minimum Gasteiger partial charge on any atom is -0.443 e. The number of nitrogens with zero attached hydrogens (tertiary/aromatic N) is 7. The third kappa shape index (κ3) is 3.33. The SMILES string of the molecule is Cc1cccc(Cn2nc3c(N)nc(-c4cccc(C#N)c4)c(-c4ocnc4C)c3n2)n1. The van der Waals surface area contributed by atoms with Crippen molar-refractivity contribution in [1.82, 2.24) is 29.9 Å². The molecule has 0 fully saturated rings. The van der Waals surface area contributed by atoms with Crippen LogP contribution in [0.4, 0.5) is 5.82 Å². The molecule has 2 N–H and O–H groups in total. The van der Waals surface area contributed by atoms with Gasteiger partial charge in [-0.15, -0.1) is 5.10 Å². The highest BCUT2D eigenvalue weighted by Crippen LogP contribution is 2.38. The first kappa shape index (κ1) is 19.4. The first-order valence-electron chi connectivity index (χ1n) is 9.91. The van der Waals surface area contributed by atoms with E-state index in [2.05, 4.69) is 26.1 Å². The lowest BCUT2D eigenvalue weighted by atomic mass is 10.00. The lowest BCUT2D eigenvalue weighted by molar-refractivity contribution is 0.571. The van der Waals surface area contributed by atoms with Crippen LogP contribution in [0, 0.1) is 25.2 Å². The second-order valence-electron chi connectivity index (χ2n) is 7.38. The second-order valence-corrected chi connectivity index (χ2v) is 7.38. The van der Waals surface area contributed by atoms with E-state index >= 15 is 0 Å². The Kier molecular flexibility index (Phi) is 4.60. The van der Waals surface area contributed by atoms with Crippen LogP contribution in [0.5, 0.6) is 0 Å². The first-order valence-corrected chi connectivity index (χ1v) is 9.91. The number of hydrogen-bond donors (Lipinski definition) is 1. The van der Waals surface area contributed by atoms with Crippen molar-refractivity contribution in [3.63, 3.8) is 0 Å². The molecule has 0 radical (unpaired) electrons. The van der Waals surface area contributed by atoms with E-state index in [-0.39, 0.29) is 5.82 Å². The first-order chi connectivity index (χ1) is 15.5. The number of nitrogens with two attached hydrogens (primary N) is 1. The zero-order chi connectivity index (χ0) is 22.2. The molecule has 1 aromatic carbocycles. The molecule has 0 aliphatic heterocycles. The van der Waals surface area contributed by atoms with Crippen molar-refractivity contribution in [3.05, 3.63) is 71.5 Å². The zero-order valence-electron chi connectivity index (χ0n) is 17.4. The van der Waals surface area contributed by atoms with Gasteiger partial charge in [0.05, 0.1) is 34.3 Å². The van der Waals surface area contributed by atoms with E-state index in [4.69, 9.17) is 15.2 Å². The molecule has 9 heteroatoms. The number of hydrogen-bond acceptors (Lipinski definition) is 8. The van der Waals surface area contributed by atoms with Gasteiger partial charge in [-0.3, -0.25) is 4.98 Å². The van der Waals surface area contributed by atoms with Crippen LogP contribution in [0.15, 0.2) is 53.3 Å². The van der Waals surface area contributed by atoms with Crippen molar-refractivity contribution in [3.8, 4) is 28.7 Å². The van der Waals surface area contributed by atoms with Crippen LogP contribution in [0.1, 0.15) is 22.6 Å². The molecule has 0 spiro atoms. The van der Waals surface area contributed by atoms with Gasteiger partial charge in [-0.05, 0) is 38.1 Å². The molecule has 0 aliphatic rings. The molecule has 32 heavy (non-hydrogen) atoms. The van der Waals surface area contributed by atoms with E-state index in [9.17, 15) is 5.26 Å². The van der Waals surface area contributed by atoms with Gasteiger partial charge in [-0.2, -0.15) is 15.2 Å². The highest BCUT2D eigenvalue weighted by Gasteiger charge is 2.24. The van der Waals surface area contributed by atoms with Gasteiger partial charge in [0.2, 0.25) is 0 Å². The number of aromatic nitrogens is 6. The van der Waals surface area contributed by atoms with E-state index in [0.717, 1.165) is 17.0 Å². The lowest BCUT2D eigenvalue weighted by Crippen LogP contribution is -2.05. The van der Waals surface area contributed by atoms with E-state index < -0.39 is 0 Å². The predicted octanol–water partition coefficient (Wildman–Crippen LogP) is 3.66. The topological polar surface area (TPSA) is 132 Å². The normalized spacial score (nSPS) is 11.0. The number of nitriles is 1. The molecule has 4 aromatic heterocycles. The number of aryl methyl sites for hydroxylation is 2. The molecule has 0 unspecified atom stereocenters. The van der Waals surface area contributed by atoms with Gasteiger partial charge in [0, 0.05) is 11.3 Å². The Labute approximate surface area is 183 Å². The predicted molar refractivity (Wildman–Crippen MR) is 118 cm³/mol. The number of benzene rings is 1. The molecule has 4 heterocycles.